The van der Waals surface area contributed by atoms with Gasteiger partial charge in [0.1, 0.15) is 11.5 Å². The van der Waals surface area contributed by atoms with Crippen LogP contribution < -0.4 is 5.32 Å². The Kier molecular flexibility index (Phi) is 5.18. The molecule has 1 aliphatic rings. The normalized spacial score (nSPS) is 15.3. The molecule has 1 amide bonds. The molecule has 0 aliphatic heterocycles. The van der Waals surface area contributed by atoms with E-state index >= 15 is 0 Å². The van der Waals surface area contributed by atoms with Gasteiger partial charge in [-0.25, -0.2) is 0 Å². The summed E-state index contributed by atoms with van der Waals surface area (Å²) in [5.74, 6) is 5.30. The molecule has 2 rings (SSSR count). The molecular weight excluding hydrogens is 274 g/mol. The highest BCUT2D eigenvalue weighted by Gasteiger charge is 2.42. The number of rotatable bonds is 6. The third kappa shape index (κ3) is 3.83. The molecular formula is C15H19NO3S. The van der Waals surface area contributed by atoms with E-state index in [4.69, 9.17) is 9.84 Å². The second-order valence-corrected chi connectivity index (χ2v) is 5.96. The fourth-order valence-corrected chi connectivity index (χ4v) is 2.84. The Balaban J connectivity index is 1.91. The van der Waals surface area contributed by atoms with E-state index in [-0.39, 0.29) is 17.9 Å². The first-order valence-corrected chi connectivity index (χ1v) is 7.53. The molecule has 0 spiro atoms. The van der Waals surface area contributed by atoms with Gasteiger partial charge in [0.2, 0.25) is 0 Å². The van der Waals surface area contributed by atoms with Gasteiger partial charge in [0.25, 0.3) is 5.91 Å². The molecule has 1 fully saturated rings. The number of carbonyl (C=O) groups is 1. The third-order valence-electron chi connectivity index (χ3n) is 3.59. The summed E-state index contributed by atoms with van der Waals surface area (Å²) in [5, 5.41) is 13.6. The van der Waals surface area contributed by atoms with Gasteiger partial charge in [0, 0.05) is 25.8 Å². The first-order chi connectivity index (χ1) is 9.71. The first kappa shape index (κ1) is 15.0. The SMILES string of the molecule is COCCC1(CNC(=O)c2sccc2C#CCO)CC1. The molecule has 0 unspecified atom stereocenters. The van der Waals surface area contributed by atoms with Crippen LogP contribution in [0.3, 0.4) is 0 Å². The maximum atomic E-state index is 12.2. The number of thiophene rings is 1. The summed E-state index contributed by atoms with van der Waals surface area (Å²) in [6.45, 7) is 1.24. The Hall–Kier alpha value is -1.35. The number of hydrogen-bond donors (Lipinski definition) is 2. The lowest BCUT2D eigenvalue weighted by molar-refractivity contribution is 0.0942. The Morgan fingerprint density at radius 1 is 1.60 bits per heavy atom. The topological polar surface area (TPSA) is 58.6 Å². The molecule has 0 aromatic carbocycles. The van der Waals surface area contributed by atoms with Crippen molar-refractivity contribution in [2.75, 3.05) is 26.9 Å². The monoisotopic (exact) mass is 293 g/mol. The van der Waals surface area contributed by atoms with E-state index < -0.39 is 0 Å². The molecule has 1 aromatic heterocycles. The number of methoxy groups -OCH3 is 1. The minimum Gasteiger partial charge on any atom is -0.385 e. The molecule has 2 N–H and O–H groups in total. The zero-order chi connectivity index (χ0) is 14.4. The van der Waals surface area contributed by atoms with Crippen molar-refractivity contribution in [3.05, 3.63) is 21.9 Å². The zero-order valence-corrected chi connectivity index (χ0v) is 12.4. The Bertz CT molecular complexity index is 523. The maximum Gasteiger partial charge on any atom is 0.262 e. The van der Waals surface area contributed by atoms with Crippen molar-refractivity contribution in [3.8, 4) is 11.8 Å². The standard InChI is InChI=1S/C15H19NO3S/c1-19-9-7-15(5-6-15)11-16-14(18)13-12(3-2-8-17)4-10-20-13/h4,10,17H,5-9,11H2,1H3,(H,16,18). The second-order valence-electron chi connectivity index (χ2n) is 5.05. The summed E-state index contributed by atoms with van der Waals surface area (Å²) in [6, 6.07) is 1.81. The fourth-order valence-electron chi connectivity index (χ4n) is 2.08. The van der Waals surface area contributed by atoms with Gasteiger partial charge in [-0.3, -0.25) is 4.79 Å². The Labute approximate surface area is 123 Å². The van der Waals surface area contributed by atoms with Crippen LogP contribution in [0.4, 0.5) is 0 Å². The Morgan fingerprint density at radius 2 is 2.40 bits per heavy atom. The summed E-state index contributed by atoms with van der Waals surface area (Å²) in [7, 11) is 1.70. The van der Waals surface area contributed by atoms with E-state index in [2.05, 4.69) is 17.2 Å². The lowest BCUT2D eigenvalue weighted by Gasteiger charge is -2.15. The van der Waals surface area contributed by atoms with E-state index in [0.29, 0.717) is 17.0 Å². The number of aliphatic hydroxyl groups excluding tert-OH is 1. The van der Waals surface area contributed by atoms with E-state index in [1.54, 1.807) is 13.2 Å². The van der Waals surface area contributed by atoms with Gasteiger partial charge in [0.05, 0.1) is 0 Å². The summed E-state index contributed by atoms with van der Waals surface area (Å²) >= 11 is 1.38. The number of aliphatic hydroxyl groups is 1. The molecule has 0 bridgehead atoms. The molecule has 0 radical (unpaired) electrons. The molecule has 0 saturated heterocycles. The highest BCUT2D eigenvalue weighted by atomic mass is 32.1. The molecule has 1 saturated carbocycles. The Morgan fingerprint density at radius 3 is 3.05 bits per heavy atom. The van der Waals surface area contributed by atoms with Crippen molar-refractivity contribution in [3.63, 3.8) is 0 Å². The average Bonchev–Trinajstić information content (AvgIpc) is 3.08. The second kappa shape index (κ2) is 6.89. The van der Waals surface area contributed by atoms with E-state index in [1.165, 1.54) is 11.3 Å². The van der Waals surface area contributed by atoms with Crippen molar-refractivity contribution >= 4 is 17.2 Å². The molecule has 4 nitrogen and oxygen atoms in total. The van der Waals surface area contributed by atoms with Crippen LogP contribution in [-0.2, 0) is 4.74 Å². The van der Waals surface area contributed by atoms with Crippen LogP contribution in [0.5, 0.6) is 0 Å². The van der Waals surface area contributed by atoms with Gasteiger partial charge in [-0.1, -0.05) is 11.8 Å². The highest BCUT2D eigenvalue weighted by Crippen LogP contribution is 2.48. The van der Waals surface area contributed by atoms with Crippen LogP contribution in [0.15, 0.2) is 11.4 Å². The van der Waals surface area contributed by atoms with Gasteiger partial charge in [0.15, 0.2) is 0 Å². The van der Waals surface area contributed by atoms with E-state index in [1.807, 2.05) is 5.38 Å². The van der Waals surface area contributed by atoms with Gasteiger partial charge in [-0.15, -0.1) is 11.3 Å². The van der Waals surface area contributed by atoms with E-state index in [9.17, 15) is 4.79 Å². The largest absolute Gasteiger partial charge is 0.385 e. The van der Waals surface area contributed by atoms with Crippen molar-refractivity contribution in [2.45, 2.75) is 19.3 Å². The smallest absolute Gasteiger partial charge is 0.262 e. The summed E-state index contributed by atoms with van der Waals surface area (Å²) in [5.41, 5.74) is 0.920. The van der Waals surface area contributed by atoms with Crippen molar-refractivity contribution < 1.29 is 14.6 Å². The van der Waals surface area contributed by atoms with Crippen LogP contribution >= 0.6 is 11.3 Å². The van der Waals surface area contributed by atoms with Crippen LogP contribution in [0.25, 0.3) is 0 Å². The predicted octanol–water partition coefficient (Wildman–Crippen LogP) is 1.64. The van der Waals surface area contributed by atoms with Gasteiger partial charge in [-0.05, 0) is 36.1 Å². The summed E-state index contributed by atoms with van der Waals surface area (Å²) < 4.78 is 5.11. The first-order valence-electron chi connectivity index (χ1n) is 6.65. The van der Waals surface area contributed by atoms with Gasteiger partial charge < -0.3 is 15.2 Å². The minimum atomic E-state index is -0.197. The fraction of sp³-hybridized carbons (Fsp3) is 0.533. The van der Waals surface area contributed by atoms with E-state index in [0.717, 1.165) is 25.9 Å². The van der Waals surface area contributed by atoms with Crippen LogP contribution in [0.2, 0.25) is 0 Å². The molecule has 108 valence electrons. The molecule has 20 heavy (non-hydrogen) atoms. The van der Waals surface area contributed by atoms with Gasteiger partial charge >= 0.3 is 0 Å². The average molecular weight is 293 g/mol. The minimum absolute atomic E-state index is 0.0778. The highest BCUT2D eigenvalue weighted by molar-refractivity contribution is 7.12. The predicted molar refractivity (Wildman–Crippen MR) is 78.8 cm³/mol. The zero-order valence-electron chi connectivity index (χ0n) is 11.6. The number of hydrogen-bond acceptors (Lipinski definition) is 4. The summed E-state index contributed by atoms with van der Waals surface area (Å²) in [6.07, 6.45) is 3.29. The molecule has 1 heterocycles. The maximum absolute atomic E-state index is 12.2. The van der Waals surface area contributed by atoms with Crippen molar-refractivity contribution in [1.29, 1.82) is 0 Å². The van der Waals surface area contributed by atoms with Crippen molar-refractivity contribution in [2.24, 2.45) is 5.41 Å². The molecule has 0 atom stereocenters. The van der Waals surface area contributed by atoms with Crippen molar-refractivity contribution in [1.82, 2.24) is 5.32 Å². The number of ether oxygens (including phenoxy) is 1. The van der Waals surface area contributed by atoms with Crippen LogP contribution in [-0.4, -0.2) is 37.9 Å². The lowest BCUT2D eigenvalue weighted by atomic mass is 10.0. The quantitative estimate of drug-likeness (QED) is 0.784. The third-order valence-corrected chi connectivity index (χ3v) is 4.50. The van der Waals surface area contributed by atoms with Gasteiger partial charge in [-0.2, -0.15) is 0 Å². The molecule has 1 aromatic rings. The number of nitrogens with one attached hydrogen (secondary N) is 1. The molecule has 5 heteroatoms. The van der Waals surface area contributed by atoms with Crippen LogP contribution in [0.1, 0.15) is 34.5 Å². The number of amides is 1. The lowest BCUT2D eigenvalue weighted by Crippen LogP contribution is -2.30. The summed E-state index contributed by atoms with van der Waals surface area (Å²) in [4.78, 5) is 12.8. The number of carbonyl (C=O) groups excluding carboxylic acids is 1. The van der Waals surface area contributed by atoms with Crippen LogP contribution in [0, 0.1) is 17.3 Å². The molecule has 1 aliphatic carbocycles.